The first-order valence-electron chi connectivity index (χ1n) is 6.52. The smallest absolute Gasteiger partial charge is 0.129 e. The monoisotopic (exact) mass is 248 g/mol. The van der Waals surface area contributed by atoms with Crippen molar-refractivity contribution < 1.29 is 9.53 Å². The van der Waals surface area contributed by atoms with Crippen molar-refractivity contribution in [1.29, 1.82) is 0 Å². The Morgan fingerprint density at radius 1 is 1.28 bits per heavy atom. The number of ether oxygens (including phenoxy) is 1. The molecule has 0 saturated heterocycles. The summed E-state index contributed by atoms with van der Waals surface area (Å²) in [7, 11) is 1.75. The SMILES string of the molecule is COC(CC(C)(C)CCC(C)=O)c1ccccc1. The van der Waals surface area contributed by atoms with Crippen LogP contribution < -0.4 is 0 Å². The van der Waals surface area contributed by atoms with Gasteiger partial charge in [-0.15, -0.1) is 0 Å². The summed E-state index contributed by atoms with van der Waals surface area (Å²) < 4.78 is 5.59. The van der Waals surface area contributed by atoms with Gasteiger partial charge >= 0.3 is 0 Å². The van der Waals surface area contributed by atoms with Gasteiger partial charge in [0.2, 0.25) is 0 Å². The second-order valence-electron chi connectivity index (χ2n) is 5.71. The minimum Gasteiger partial charge on any atom is -0.377 e. The summed E-state index contributed by atoms with van der Waals surface area (Å²) in [6.07, 6.45) is 2.60. The molecule has 0 aliphatic heterocycles. The molecule has 0 spiro atoms. The van der Waals surface area contributed by atoms with Crippen molar-refractivity contribution in [1.82, 2.24) is 0 Å². The number of ketones is 1. The molecule has 0 aliphatic carbocycles. The lowest BCUT2D eigenvalue weighted by Gasteiger charge is -2.29. The lowest BCUT2D eigenvalue weighted by atomic mass is 9.80. The molecule has 100 valence electrons. The number of Topliss-reactive ketones (excluding diaryl/α,β-unsaturated/α-hetero) is 1. The van der Waals surface area contributed by atoms with Crippen LogP contribution in [0.25, 0.3) is 0 Å². The Hall–Kier alpha value is -1.15. The predicted molar refractivity (Wildman–Crippen MR) is 74.5 cm³/mol. The zero-order chi connectivity index (χ0) is 13.6. The number of carbonyl (C=O) groups excluding carboxylic acids is 1. The zero-order valence-corrected chi connectivity index (χ0v) is 11.9. The number of hydrogen-bond donors (Lipinski definition) is 0. The van der Waals surface area contributed by atoms with Crippen LogP contribution in [0.3, 0.4) is 0 Å². The first-order valence-corrected chi connectivity index (χ1v) is 6.52. The molecule has 1 unspecified atom stereocenters. The van der Waals surface area contributed by atoms with Gasteiger partial charge in [0.1, 0.15) is 5.78 Å². The number of carbonyl (C=O) groups is 1. The fourth-order valence-corrected chi connectivity index (χ4v) is 2.12. The highest BCUT2D eigenvalue weighted by molar-refractivity contribution is 5.75. The Balaban J connectivity index is 2.65. The Labute approximate surface area is 110 Å². The highest BCUT2D eigenvalue weighted by Gasteiger charge is 2.24. The molecule has 0 radical (unpaired) electrons. The molecule has 0 heterocycles. The van der Waals surface area contributed by atoms with Crippen LogP contribution in [-0.2, 0) is 9.53 Å². The molecular weight excluding hydrogens is 224 g/mol. The van der Waals surface area contributed by atoms with Crippen LogP contribution in [0.4, 0.5) is 0 Å². The molecule has 1 rings (SSSR count). The van der Waals surface area contributed by atoms with E-state index in [-0.39, 0.29) is 17.3 Å². The molecule has 1 atom stereocenters. The van der Waals surface area contributed by atoms with E-state index in [0.29, 0.717) is 6.42 Å². The Morgan fingerprint density at radius 3 is 2.39 bits per heavy atom. The number of benzene rings is 1. The van der Waals surface area contributed by atoms with E-state index in [0.717, 1.165) is 12.8 Å². The summed E-state index contributed by atoms with van der Waals surface area (Å²) >= 11 is 0. The first-order chi connectivity index (χ1) is 8.44. The van der Waals surface area contributed by atoms with Crippen LogP contribution in [0.2, 0.25) is 0 Å². The van der Waals surface area contributed by atoms with Gasteiger partial charge in [-0.3, -0.25) is 0 Å². The molecule has 18 heavy (non-hydrogen) atoms. The van der Waals surface area contributed by atoms with Crippen LogP contribution in [0.1, 0.15) is 51.7 Å². The van der Waals surface area contributed by atoms with Crippen LogP contribution in [0.15, 0.2) is 30.3 Å². The Bertz CT molecular complexity index is 368. The van der Waals surface area contributed by atoms with Gasteiger partial charge in [0.15, 0.2) is 0 Å². The largest absolute Gasteiger partial charge is 0.377 e. The molecule has 1 aromatic carbocycles. The fraction of sp³-hybridized carbons (Fsp3) is 0.562. The minimum atomic E-state index is 0.105. The zero-order valence-electron chi connectivity index (χ0n) is 11.9. The molecule has 0 saturated carbocycles. The molecule has 0 bridgehead atoms. The minimum absolute atomic E-state index is 0.105. The molecule has 0 amide bonds. The predicted octanol–water partition coefficient (Wildman–Crippen LogP) is 4.16. The summed E-state index contributed by atoms with van der Waals surface area (Å²) in [4.78, 5) is 11.1. The van der Waals surface area contributed by atoms with Crippen molar-refractivity contribution in [2.45, 2.75) is 46.1 Å². The number of rotatable bonds is 7. The lowest BCUT2D eigenvalue weighted by Crippen LogP contribution is -2.18. The summed E-state index contributed by atoms with van der Waals surface area (Å²) in [6.45, 7) is 6.05. The van der Waals surface area contributed by atoms with E-state index in [1.807, 2.05) is 18.2 Å². The summed E-state index contributed by atoms with van der Waals surface area (Å²) in [5.41, 5.74) is 1.32. The van der Waals surface area contributed by atoms with E-state index in [4.69, 9.17) is 4.74 Å². The molecule has 1 aromatic rings. The van der Waals surface area contributed by atoms with Crippen LogP contribution >= 0.6 is 0 Å². The first kappa shape index (κ1) is 14.9. The van der Waals surface area contributed by atoms with Gasteiger partial charge in [0.05, 0.1) is 6.10 Å². The van der Waals surface area contributed by atoms with Crippen LogP contribution in [0.5, 0.6) is 0 Å². The third-order valence-electron chi connectivity index (χ3n) is 3.35. The molecule has 0 N–H and O–H groups in total. The molecule has 2 nitrogen and oxygen atoms in total. The van der Waals surface area contributed by atoms with E-state index >= 15 is 0 Å². The maximum atomic E-state index is 11.1. The quantitative estimate of drug-likeness (QED) is 0.724. The third kappa shape index (κ3) is 5.01. The van der Waals surface area contributed by atoms with Gasteiger partial charge in [-0.05, 0) is 30.7 Å². The van der Waals surface area contributed by atoms with Crippen LogP contribution in [0, 0.1) is 5.41 Å². The summed E-state index contributed by atoms with van der Waals surface area (Å²) in [5, 5.41) is 0. The van der Waals surface area contributed by atoms with Gasteiger partial charge in [0, 0.05) is 13.5 Å². The molecule has 0 aliphatic rings. The number of methoxy groups -OCH3 is 1. The van der Waals surface area contributed by atoms with E-state index < -0.39 is 0 Å². The van der Waals surface area contributed by atoms with E-state index in [1.54, 1.807) is 14.0 Å². The summed E-state index contributed by atoms with van der Waals surface area (Å²) in [5.74, 6) is 0.261. The van der Waals surface area contributed by atoms with E-state index in [9.17, 15) is 4.79 Å². The van der Waals surface area contributed by atoms with Crippen molar-refractivity contribution in [2.24, 2.45) is 5.41 Å². The van der Waals surface area contributed by atoms with Crippen molar-refractivity contribution in [3.05, 3.63) is 35.9 Å². The molecule has 0 fully saturated rings. The third-order valence-corrected chi connectivity index (χ3v) is 3.35. The topological polar surface area (TPSA) is 26.3 Å². The highest BCUT2D eigenvalue weighted by atomic mass is 16.5. The average molecular weight is 248 g/mol. The van der Waals surface area contributed by atoms with Gasteiger partial charge < -0.3 is 9.53 Å². The van der Waals surface area contributed by atoms with Crippen molar-refractivity contribution in [2.75, 3.05) is 7.11 Å². The van der Waals surface area contributed by atoms with Gasteiger partial charge in [-0.1, -0.05) is 44.2 Å². The van der Waals surface area contributed by atoms with Crippen LogP contribution in [-0.4, -0.2) is 12.9 Å². The normalized spacial score (nSPS) is 13.3. The lowest BCUT2D eigenvalue weighted by molar-refractivity contribution is -0.117. The fourth-order valence-electron chi connectivity index (χ4n) is 2.12. The Kier molecular flexibility index (Phi) is 5.54. The highest BCUT2D eigenvalue weighted by Crippen LogP contribution is 2.35. The molecular formula is C16H24O2. The average Bonchev–Trinajstić information content (AvgIpc) is 2.35. The maximum Gasteiger partial charge on any atom is 0.129 e. The van der Waals surface area contributed by atoms with Gasteiger partial charge in [-0.2, -0.15) is 0 Å². The number of hydrogen-bond acceptors (Lipinski definition) is 2. The Morgan fingerprint density at radius 2 is 1.89 bits per heavy atom. The van der Waals surface area contributed by atoms with Crippen molar-refractivity contribution in [3.63, 3.8) is 0 Å². The standard InChI is InChI=1S/C16H24O2/c1-13(17)10-11-16(2,3)12-15(18-4)14-8-6-5-7-9-14/h5-9,15H,10-12H2,1-4H3. The van der Waals surface area contributed by atoms with E-state index in [1.165, 1.54) is 5.56 Å². The summed E-state index contributed by atoms with van der Waals surface area (Å²) in [6, 6.07) is 10.3. The maximum absolute atomic E-state index is 11.1. The second-order valence-corrected chi connectivity index (χ2v) is 5.71. The second kappa shape index (κ2) is 6.69. The van der Waals surface area contributed by atoms with E-state index in [2.05, 4.69) is 26.0 Å². The van der Waals surface area contributed by atoms with Crippen molar-refractivity contribution >= 4 is 5.78 Å². The van der Waals surface area contributed by atoms with Gasteiger partial charge in [0.25, 0.3) is 0 Å². The van der Waals surface area contributed by atoms with Crippen molar-refractivity contribution in [3.8, 4) is 0 Å². The molecule has 2 heteroatoms. The molecule has 0 aromatic heterocycles. The van der Waals surface area contributed by atoms with Gasteiger partial charge in [-0.25, -0.2) is 0 Å².